The predicted octanol–water partition coefficient (Wildman–Crippen LogP) is 3.88. The number of aromatic nitrogens is 5. The Bertz CT molecular complexity index is 1080. The van der Waals surface area contributed by atoms with E-state index in [0.29, 0.717) is 22.7 Å². The molecule has 6 nitrogen and oxygen atoms in total. The molecule has 0 aliphatic heterocycles. The molecule has 0 saturated heterocycles. The molecule has 132 valence electrons. The lowest BCUT2D eigenvalue weighted by Gasteiger charge is -2.15. The Hall–Kier alpha value is -3.42. The van der Waals surface area contributed by atoms with Crippen LogP contribution in [0.5, 0.6) is 0 Å². The smallest absolute Gasteiger partial charge is 0.164 e. The van der Waals surface area contributed by atoms with E-state index in [1.165, 1.54) is 18.5 Å². The molecule has 0 aliphatic carbocycles. The first-order chi connectivity index (χ1) is 12.6. The number of fused-ring (bicyclic) bond motifs is 1. The largest absolute Gasteiger partial charge is 0.363 e. The van der Waals surface area contributed by atoms with Gasteiger partial charge in [-0.15, -0.1) is 0 Å². The van der Waals surface area contributed by atoms with Gasteiger partial charge in [0.15, 0.2) is 17.3 Å². The molecule has 0 spiro atoms. The summed E-state index contributed by atoms with van der Waals surface area (Å²) in [6.45, 7) is 1.84. The lowest BCUT2D eigenvalue weighted by molar-refractivity contribution is 0.506. The van der Waals surface area contributed by atoms with Gasteiger partial charge in [0.2, 0.25) is 0 Å². The van der Waals surface area contributed by atoms with E-state index in [1.54, 1.807) is 35.2 Å². The van der Waals surface area contributed by atoms with Crippen molar-refractivity contribution >= 4 is 11.5 Å². The van der Waals surface area contributed by atoms with E-state index >= 15 is 0 Å². The molecule has 1 atom stereocenters. The van der Waals surface area contributed by atoms with Gasteiger partial charge in [0.05, 0.1) is 23.5 Å². The van der Waals surface area contributed by atoms with E-state index in [0.717, 1.165) is 11.6 Å². The van der Waals surface area contributed by atoms with Gasteiger partial charge in [-0.1, -0.05) is 6.07 Å². The van der Waals surface area contributed by atoms with E-state index in [-0.39, 0.29) is 7.47 Å². The zero-order chi connectivity index (χ0) is 18.1. The summed E-state index contributed by atoms with van der Waals surface area (Å²) in [5.74, 6) is -1.19. The molecule has 1 N–H and O–H groups in total. The van der Waals surface area contributed by atoms with Crippen LogP contribution < -0.4 is 5.32 Å². The summed E-state index contributed by atoms with van der Waals surface area (Å²) in [6, 6.07) is 7.11. The van der Waals surface area contributed by atoms with Gasteiger partial charge in [-0.05, 0) is 30.7 Å². The van der Waals surface area contributed by atoms with E-state index in [9.17, 15) is 8.78 Å². The molecule has 4 aromatic rings. The molecule has 1 aromatic carbocycles. The number of anilines is 1. The molecule has 0 saturated carbocycles. The summed E-state index contributed by atoms with van der Waals surface area (Å²) in [4.78, 5) is 12.8. The van der Waals surface area contributed by atoms with Crippen molar-refractivity contribution in [2.24, 2.45) is 0 Å². The van der Waals surface area contributed by atoms with Crippen molar-refractivity contribution in [3.05, 3.63) is 72.4 Å². The monoisotopic (exact) mass is 354 g/mol. The van der Waals surface area contributed by atoms with Crippen LogP contribution in [0.15, 0.2) is 55.2 Å². The topological polar surface area (TPSA) is 68.0 Å². The van der Waals surface area contributed by atoms with E-state index in [2.05, 4.69) is 25.4 Å². The number of rotatable bonds is 4. The summed E-state index contributed by atoms with van der Waals surface area (Å²) in [6.07, 6.45) is 6.61. The summed E-state index contributed by atoms with van der Waals surface area (Å²) >= 11 is 0. The predicted molar refractivity (Wildman–Crippen MR) is 94.5 cm³/mol. The molecule has 0 bridgehead atoms. The Morgan fingerprint density at radius 3 is 2.85 bits per heavy atom. The molecular formula is C18H16F2N6. The van der Waals surface area contributed by atoms with Crippen molar-refractivity contribution < 1.29 is 10.2 Å². The second-order valence-electron chi connectivity index (χ2n) is 5.77. The molecule has 0 fully saturated rings. The highest BCUT2D eigenvalue weighted by Gasteiger charge is 2.13. The average Bonchev–Trinajstić information content (AvgIpc) is 3.08. The normalized spacial score (nSPS) is 12.3. The SMILES string of the molecule is C[C@H](Nc1cc(-c2cnn3cccnc23)ncn1)c1ccc(F)c(F)c1.[HH]. The van der Waals surface area contributed by atoms with Gasteiger partial charge >= 0.3 is 0 Å². The first kappa shape index (κ1) is 16.1. The molecule has 3 aromatic heterocycles. The van der Waals surface area contributed by atoms with Crippen LogP contribution in [-0.2, 0) is 0 Å². The van der Waals surface area contributed by atoms with Crippen LogP contribution in [0.3, 0.4) is 0 Å². The minimum atomic E-state index is -0.878. The van der Waals surface area contributed by atoms with Gasteiger partial charge in [-0.2, -0.15) is 5.10 Å². The molecule has 26 heavy (non-hydrogen) atoms. The van der Waals surface area contributed by atoms with Crippen molar-refractivity contribution in [2.45, 2.75) is 13.0 Å². The maximum absolute atomic E-state index is 13.4. The Morgan fingerprint density at radius 1 is 1.12 bits per heavy atom. The molecule has 0 unspecified atom stereocenters. The second-order valence-corrected chi connectivity index (χ2v) is 5.77. The second kappa shape index (κ2) is 6.47. The molecule has 3 heterocycles. The zero-order valence-corrected chi connectivity index (χ0v) is 13.8. The summed E-state index contributed by atoms with van der Waals surface area (Å²) in [5.41, 5.74) is 2.73. The maximum atomic E-state index is 13.4. The molecule has 8 heteroatoms. The van der Waals surface area contributed by atoms with E-state index < -0.39 is 11.6 Å². The fraction of sp³-hybridized carbons (Fsp3) is 0.111. The number of benzene rings is 1. The first-order valence-corrected chi connectivity index (χ1v) is 7.94. The molecule has 0 amide bonds. The van der Waals surface area contributed by atoms with Crippen LogP contribution >= 0.6 is 0 Å². The number of nitrogens with zero attached hydrogens (tertiary/aromatic N) is 5. The Labute approximate surface area is 149 Å². The highest BCUT2D eigenvalue weighted by molar-refractivity contribution is 5.75. The van der Waals surface area contributed by atoms with Gasteiger partial charge in [0, 0.05) is 19.9 Å². The van der Waals surface area contributed by atoms with Gasteiger partial charge in [0.25, 0.3) is 0 Å². The van der Waals surface area contributed by atoms with Crippen LogP contribution in [0, 0.1) is 11.6 Å². The quantitative estimate of drug-likeness (QED) is 0.602. The van der Waals surface area contributed by atoms with Crippen molar-refractivity contribution in [2.75, 3.05) is 5.32 Å². The van der Waals surface area contributed by atoms with Crippen molar-refractivity contribution in [3.63, 3.8) is 0 Å². The lowest BCUT2D eigenvalue weighted by atomic mass is 10.1. The average molecular weight is 354 g/mol. The molecular weight excluding hydrogens is 338 g/mol. The van der Waals surface area contributed by atoms with Crippen molar-refractivity contribution in [3.8, 4) is 11.3 Å². The van der Waals surface area contributed by atoms with Gasteiger partial charge in [-0.25, -0.2) is 28.2 Å². The number of hydrogen-bond donors (Lipinski definition) is 1. The van der Waals surface area contributed by atoms with Gasteiger partial charge in [-0.3, -0.25) is 0 Å². The van der Waals surface area contributed by atoms with Crippen molar-refractivity contribution in [1.29, 1.82) is 0 Å². The van der Waals surface area contributed by atoms with Gasteiger partial charge < -0.3 is 5.32 Å². The zero-order valence-electron chi connectivity index (χ0n) is 13.8. The van der Waals surface area contributed by atoms with E-state index in [4.69, 9.17) is 0 Å². The fourth-order valence-corrected chi connectivity index (χ4v) is 2.68. The summed E-state index contributed by atoms with van der Waals surface area (Å²) in [7, 11) is 0. The number of hydrogen-bond acceptors (Lipinski definition) is 5. The van der Waals surface area contributed by atoms with Crippen LogP contribution in [-0.4, -0.2) is 24.6 Å². The standard InChI is InChI=1S/C18H14F2N6.H2/c1-11(12-3-4-14(19)15(20)7-12)25-17-8-16(22-10-23-17)13-9-24-26-6-2-5-21-18(13)26;/h2-11H,1H3,(H,22,23,25);1H/t11-;/m0./s1. The third kappa shape index (κ3) is 2.97. The van der Waals surface area contributed by atoms with Gasteiger partial charge in [0.1, 0.15) is 12.1 Å². The minimum Gasteiger partial charge on any atom is -0.363 e. The Kier molecular flexibility index (Phi) is 4.00. The third-order valence-electron chi connectivity index (χ3n) is 4.03. The Balaban J connectivity index is 0.00000210. The number of halogens is 2. The van der Waals surface area contributed by atoms with E-state index in [1.807, 2.05) is 6.92 Å². The highest BCUT2D eigenvalue weighted by atomic mass is 19.2. The minimum absolute atomic E-state index is 0. The van der Waals surface area contributed by atoms with Crippen LogP contribution in [0.2, 0.25) is 0 Å². The maximum Gasteiger partial charge on any atom is 0.164 e. The van der Waals surface area contributed by atoms with Crippen molar-refractivity contribution in [1.82, 2.24) is 24.6 Å². The molecule has 0 radical (unpaired) electrons. The lowest BCUT2D eigenvalue weighted by Crippen LogP contribution is -2.09. The van der Waals surface area contributed by atoms with Crippen LogP contribution in [0.4, 0.5) is 14.6 Å². The fourth-order valence-electron chi connectivity index (χ4n) is 2.68. The highest BCUT2D eigenvalue weighted by Crippen LogP contribution is 2.24. The molecule has 0 aliphatic rings. The van der Waals surface area contributed by atoms with Crippen LogP contribution in [0.25, 0.3) is 16.9 Å². The summed E-state index contributed by atoms with van der Waals surface area (Å²) < 4.78 is 28.2. The first-order valence-electron chi connectivity index (χ1n) is 7.94. The summed E-state index contributed by atoms with van der Waals surface area (Å²) in [5, 5.41) is 7.41. The van der Waals surface area contributed by atoms with Crippen LogP contribution in [0.1, 0.15) is 20.0 Å². The third-order valence-corrected chi connectivity index (χ3v) is 4.03. The molecule has 4 rings (SSSR count). The number of nitrogens with one attached hydrogen (secondary N) is 1. The Morgan fingerprint density at radius 2 is 2.00 bits per heavy atom.